The molecule has 0 aromatic rings. The molecule has 1 atom stereocenters. The summed E-state index contributed by atoms with van der Waals surface area (Å²) in [4.78, 5) is 10.7. The third-order valence-electron chi connectivity index (χ3n) is 1.68. The molecule has 0 aromatic heterocycles. The van der Waals surface area contributed by atoms with E-state index in [1.807, 2.05) is 0 Å². The minimum Gasteiger partial charge on any atom is -0.463 e. The normalized spacial score (nSPS) is 32.0. The summed E-state index contributed by atoms with van der Waals surface area (Å²) in [5, 5.41) is 0. The van der Waals surface area contributed by atoms with Crippen LogP contribution in [0.2, 0.25) is 0 Å². The summed E-state index contributed by atoms with van der Waals surface area (Å²) in [5.41, 5.74) is 0. The number of carbonyl (C=O) groups excluding carboxylic acids is 1. The lowest BCUT2D eigenvalue weighted by Crippen LogP contribution is -2.10. The minimum absolute atomic E-state index is 0.241. The molecule has 0 bridgehead atoms. The van der Waals surface area contributed by atoms with E-state index in [0.29, 0.717) is 13.2 Å². The van der Waals surface area contributed by atoms with E-state index in [1.165, 1.54) is 0 Å². The number of ether oxygens (including phenoxy) is 1. The van der Waals surface area contributed by atoms with Crippen molar-refractivity contribution in [1.82, 2.24) is 0 Å². The van der Waals surface area contributed by atoms with E-state index in [1.54, 1.807) is 0 Å². The van der Waals surface area contributed by atoms with Crippen molar-refractivity contribution in [1.29, 1.82) is 0 Å². The van der Waals surface area contributed by atoms with Crippen LogP contribution in [0.3, 0.4) is 0 Å². The highest BCUT2D eigenvalue weighted by atomic mass is 32.5. The van der Waals surface area contributed by atoms with E-state index >= 15 is 0 Å². The Balaban J connectivity index is 1.90. The van der Waals surface area contributed by atoms with Gasteiger partial charge >= 0.3 is 12.7 Å². The fraction of sp³-hybridized carbons (Fsp3) is 0.833. The predicted octanol–water partition coefficient (Wildman–Crippen LogP) is 0.590. The Hall–Kier alpha value is 0. The molecule has 5 nitrogen and oxygen atoms in total. The van der Waals surface area contributed by atoms with Gasteiger partial charge in [0.25, 0.3) is 0 Å². The second-order valence-electron chi connectivity index (χ2n) is 2.73. The quantitative estimate of drug-likeness (QED) is 0.505. The van der Waals surface area contributed by atoms with Crippen molar-refractivity contribution in [3.63, 3.8) is 0 Å². The summed E-state index contributed by atoms with van der Waals surface area (Å²) in [6, 6.07) is 0. The van der Waals surface area contributed by atoms with Crippen molar-refractivity contribution in [2.75, 3.05) is 19.8 Å². The number of esters is 1. The Morgan fingerprint density at radius 2 is 2.15 bits per heavy atom. The van der Waals surface area contributed by atoms with Crippen LogP contribution < -0.4 is 0 Å². The molecular weight excluding hydrogens is 215 g/mol. The molecule has 2 fully saturated rings. The third-order valence-corrected chi connectivity index (χ3v) is 4.13. The van der Waals surface area contributed by atoms with E-state index in [4.69, 9.17) is 30.1 Å². The molecule has 0 saturated carbocycles. The third kappa shape index (κ3) is 2.27. The second-order valence-corrected chi connectivity index (χ2v) is 5.69. The molecule has 2 rings (SSSR count). The minimum atomic E-state index is -2.54. The first-order chi connectivity index (χ1) is 6.18. The Labute approximate surface area is 80.5 Å². The van der Waals surface area contributed by atoms with Gasteiger partial charge in [0.15, 0.2) is 0 Å². The smallest absolute Gasteiger partial charge is 0.327 e. The van der Waals surface area contributed by atoms with Crippen molar-refractivity contribution >= 4 is 24.5 Å². The van der Waals surface area contributed by atoms with E-state index in [0.717, 1.165) is 0 Å². The molecule has 0 aliphatic carbocycles. The van der Waals surface area contributed by atoms with Crippen LogP contribution in [0, 0.1) is 0 Å². The summed E-state index contributed by atoms with van der Waals surface area (Å²) in [7, 11) is 0. The zero-order valence-electron chi connectivity index (χ0n) is 6.80. The van der Waals surface area contributed by atoms with Crippen LogP contribution in [0.5, 0.6) is 0 Å². The molecular formula is C6H9O5PS. The molecule has 74 valence electrons. The molecule has 2 saturated heterocycles. The van der Waals surface area contributed by atoms with Crippen LogP contribution in [-0.2, 0) is 34.9 Å². The number of rotatable bonds is 2. The Morgan fingerprint density at radius 3 is 2.69 bits per heavy atom. The number of carbonyl (C=O) groups is 1. The predicted molar refractivity (Wildman–Crippen MR) is 46.6 cm³/mol. The van der Waals surface area contributed by atoms with Crippen LogP contribution >= 0.6 is 6.72 Å². The van der Waals surface area contributed by atoms with Crippen molar-refractivity contribution < 1.29 is 23.1 Å². The van der Waals surface area contributed by atoms with Gasteiger partial charge in [-0.3, -0.25) is 4.79 Å². The summed E-state index contributed by atoms with van der Waals surface area (Å²) in [6.45, 7) is -1.35. The first kappa shape index (κ1) is 9.55. The molecule has 0 spiro atoms. The van der Waals surface area contributed by atoms with Gasteiger partial charge in [0.2, 0.25) is 0 Å². The lowest BCUT2D eigenvalue weighted by molar-refractivity contribution is -0.137. The lowest BCUT2D eigenvalue weighted by atomic mass is 10.3. The van der Waals surface area contributed by atoms with E-state index in [-0.39, 0.29) is 25.1 Å². The summed E-state index contributed by atoms with van der Waals surface area (Å²) >= 11 is 5.02. The average Bonchev–Trinajstić information content (AvgIpc) is 2.62. The summed E-state index contributed by atoms with van der Waals surface area (Å²) < 4.78 is 20.4. The van der Waals surface area contributed by atoms with Crippen molar-refractivity contribution in [3.05, 3.63) is 0 Å². The Bertz CT molecular complexity index is 258. The molecule has 0 radical (unpaired) electrons. The zero-order valence-corrected chi connectivity index (χ0v) is 8.51. The highest BCUT2D eigenvalue weighted by Crippen LogP contribution is 2.54. The topological polar surface area (TPSA) is 54.0 Å². The molecule has 0 amide bonds. The summed E-state index contributed by atoms with van der Waals surface area (Å²) in [5.74, 6) is -0.259. The van der Waals surface area contributed by atoms with Crippen LogP contribution in [0.1, 0.15) is 6.42 Å². The van der Waals surface area contributed by atoms with Crippen LogP contribution in [0.25, 0.3) is 0 Å². The van der Waals surface area contributed by atoms with E-state index in [9.17, 15) is 4.79 Å². The van der Waals surface area contributed by atoms with Crippen molar-refractivity contribution in [3.8, 4) is 0 Å². The van der Waals surface area contributed by atoms with E-state index in [2.05, 4.69) is 0 Å². The molecule has 7 heteroatoms. The van der Waals surface area contributed by atoms with Gasteiger partial charge in [-0.1, -0.05) is 0 Å². The fourth-order valence-electron chi connectivity index (χ4n) is 1.14. The highest BCUT2D eigenvalue weighted by molar-refractivity contribution is 8.07. The van der Waals surface area contributed by atoms with Gasteiger partial charge < -0.3 is 18.3 Å². The molecule has 1 unspecified atom stereocenters. The highest BCUT2D eigenvalue weighted by Gasteiger charge is 2.34. The van der Waals surface area contributed by atoms with Crippen LogP contribution in [0.15, 0.2) is 0 Å². The number of cyclic esters (lactones) is 1. The van der Waals surface area contributed by atoms with Gasteiger partial charge in [-0.25, -0.2) is 0 Å². The van der Waals surface area contributed by atoms with E-state index < -0.39 is 6.72 Å². The zero-order chi connectivity index (χ0) is 9.31. The molecule has 2 aliphatic heterocycles. The SMILES string of the molecule is O=C1CC(OP2(=S)OCCO2)CO1. The molecule has 13 heavy (non-hydrogen) atoms. The number of hydrogen-bond acceptors (Lipinski definition) is 6. The van der Waals surface area contributed by atoms with Gasteiger partial charge in [0.05, 0.1) is 19.6 Å². The second kappa shape index (κ2) is 3.63. The van der Waals surface area contributed by atoms with Gasteiger partial charge in [-0.05, 0) is 11.8 Å². The fourth-order valence-corrected chi connectivity index (χ4v) is 3.24. The first-order valence-corrected chi connectivity index (χ1v) is 6.47. The molecule has 0 N–H and O–H groups in total. The van der Waals surface area contributed by atoms with Gasteiger partial charge in [-0.15, -0.1) is 0 Å². The Kier molecular flexibility index (Phi) is 2.67. The van der Waals surface area contributed by atoms with Gasteiger partial charge in [0.1, 0.15) is 12.7 Å². The average molecular weight is 224 g/mol. The monoisotopic (exact) mass is 224 g/mol. The molecule has 2 aliphatic rings. The molecule has 2 heterocycles. The largest absolute Gasteiger partial charge is 0.463 e. The van der Waals surface area contributed by atoms with Crippen LogP contribution in [0.4, 0.5) is 0 Å². The maximum absolute atomic E-state index is 10.7. The first-order valence-electron chi connectivity index (χ1n) is 3.91. The summed E-state index contributed by atoms with van der Waals surface area (Å²) in [6.07, 6.45) is -0.0538. The molecule has 0 aromatic carbocycles. The van der Waals surface area contributed by atoms with Crippen molar-refractivity contribution in [2.45, 2.75) is 12.5 Å². The van der Waals surface area contributed by atoms with Crippen molar-refractivity contribution in [2.24, 2.45) is 0 Å². The Morgan fingerprint density at radius 1 is 1.46 bits per heavy atom. The lowest BCUT2D eigenvalue weighted by Gasteiger charge is -2.16. The standard InChI is InChI=1S/C6H9O5PS/c7-6-3-5(4-8-6)11-12(13)9-1-2-10-12/h5H,1-4H2. The van der Waals surface area contributed by atoms with Gasteiger partial charge in [0, 0.05) is 0 Å². The van der Waals surface area contributed by atoms with Gasteiger partial charge in [-0.2, -0.15) is 0 Å². The maximum atomic E-state index is 10.7. The van der Waals surface area contributed by atoms with Crippen LogP contribution in [-0.4, -0.2) is 31.9 Å². The maximum Gasteiger partial charge on any atom is 0.327 e. The number of hydrogen-bond donors (Lipinski definition) is 0.